The zero-order valence-corrected chi connectivity index (χ0v) is 11.3. The van der Waals surface area contributed by atoms with Crippen LogP contribution in [0.1, 0.15) is 21.6 Å². The lowest BCUT2D eigenvalue weighted by Gasteiger charge is -2.13. The van der Waals surface area contributed by atoms with E-state index in [9.17, 15) is 13.2 Å². The van der Waals surface area contributed by atoms with Gasteiger partial charge in [0.25, 0.3) is 5.91 Å². The van der Waals surface area contributed by atoms with E-state index in [2.05, 4.69) is 15.1 Å². The largest absolute Gasteiger partial charge is 0.364 e. The molecule has 2 aromatic heterocycles. The number of nitrogens with zero attached hydrogens (tertiary/aromatic N) is 3. The van der Waals surface area contributed by atoms with Gasteiger partial charge in [0.1, 0.15) is 5.69 Å². The molecular weight excluding hydrogens is 284 g/mol. The molecule has 0 bridgehead atoms. The maximum absolute atomic E-state index is 11.5. The second-order valence-corrected chi connectivity index (χ2v) is 6.41. The first kappa shape index (κ1) is 12.7. The first-order valence-corrected chi connectivity index (χ1v) is 7.62. The number of sulfone groups is 1. The monoisotopic (exact) mass is 294 g/mol. The van der Waals surface area contributed by atoms with Crippen molar-refractivity contribution in [2.45, 2.75) is 18.0 Å². The lowest BCUT2D eigenvalue weighted by Crippen LogP contribution is -2.16. The summed E-state index contributed by atoms with van der Waals surface area (Å²) in [5.74, 6) is -0.400. The highest BCUT2D eigenvalue weighted by atomic mass is 32.2. The van der Waals surface area contributed by atoms with Crippen molar-refractivity contribution in [3.8, 4) is 11.5 Å². The Morgan fingerprint density at radius 3 is 2.80 bits per heavy atom. The van der Waals surface area contributed by atoms with Crippen molar-refractivity contribution in [1.29, 1.82) is 0 Å². The third-order valence-electron chi connectivity index (χ3n) is 3.06. The Morgan fingerprint density at radius 1 is 1.40 bits per heavy atom. The Kier molecular flexibility index (Phi) is 2.61. The number of aryl methyl sites for hydroxylation is 1. The van der Waals surface area contributed by atoms with Gasteiger partial charge in [-0.3, -0.25) is 4.79 Å². The molecule has 0 saturated carbocycles. The molecule has 104 valence electrons. The minimum absolute atomic E-state index is 0.0603. The van der Waals surface area contributed by atoms with Gasteiger partial charge < -0.3 is 10.3 Å². The highest BCUT2D eigenvalue weighted by Gasteiger charge is 2.29. The molecule has 8 nitrogen and oxygen atoms in total. The molecule has 0 unspecified atom stereocenters. The Balaban J connectivity index is 2.23. The summed E-state index contributed by atoms with van der Waals surface area (Å²) in [7, 11) is -3.52. The molecule has 0 aromatic carbocycles. The molecule has 0 saturated heterocycles. The summed E-state index contributed by atoms with van der Waals surface area (Å²) in [6.45, 7) is 0. The van der Waals surface area contributed by atoms with Crippen LogP contribution in [-0.4, -0.2) is 35.7 Å². The van der Waals surface area contributed by atoms with Crippen molar-refractivity contribution in [2.75, 3.05) is 6.26 Å². The normalized spacial score (nSPS) is 13.7. The summed E-state index contributed by atoms with van der Waals surface area (Å²) in [5.41, 5.74) is 6.93. The molecule has 0 aliphatic heterocycles. The fourth-order valence-electron chi connectivity index (χ4n) is 2.13. The lowest BCUT2D eigenvalue weighted by molar-refractivity contribution is 0.0991. The van der Waals surface area contributed by atoms with Crippen molar-refractivity contribution < 1.29 is 17.7 Å². The van der Waals surface area contributed by atoms with Gasteiger partial charge in [0.15, 0.2) is 11.5 Å². The smallest absolute Gasteiger partial charge is 0.271 e. The fraction of sp³-hybridized carbons (Fsp3) is 0.273. The number of primary amides is 1. The first-order valence-electron chi connectivity index (χ1n) is 5.72. The molecule has 1 aliphatic rings. The minimum Gasteiger partial charge on any atom is -0.364 e. The van der Waals surface area contributed by atoms with E-state index in [1.54, 1.807) is 0 Å². The highest BCUT2D eigenvalue weighted by molar-refractivity contribution is 7.90. The number of nitrogens with two attached hydrogens (primary N) is 1. The standard InChI is InChI=1S/C11H10N4O4S/c1-20(17,18)11-13-4-5-2-3-6-8(10(12)16)15-19-9(6)7(5)14-11/h4H,2-3H2,1H3,(H2,12,16). The highest BCUT2D eigenvalue weighted by Crippen LogP contribution is 2.33. The third kappa shape index (κ3) is 1.86. The predicted octanol–water partition coefficient (Wildman–Crippen LogP) is -0.267. The quantitative estimate of drug-likeness (QED) is 0.755. The van der Waals surface area contributed by atoms with Crippen LogP contribution in [0.2, 0.25) is 0 Å². The van der Waals surface area contributed by atoms with Gasteiger partial charge in [-0.15, -0.1) is 0 Å². The number of rotatable bonds is 2. The van der Waals surface area contributed by atoms with Crippen LogP contribution in [0.15, 0.2) is 15.9 Å². The van der Waals surface area contributed by atoms with E-state index in [0.29, 0.717) is 24.1 Å². The molecule has 2 heterocycles. The van der Waals surface area contributed by atoms with Gasteiger partial charge in [0.05, 0.1) is 0 Å². The Hall–Kier alpha value is -2.29. The zero-order valence-electron chi connectivity index (χ0n) is 10.5. The zero-order chi connectivity index (χ0) is 14.5. The Labute approximate surface area is 113 Å². The van der Waals surface area contributed by atoms with E-state index < -0.39 is 15.7 Å². The maximum Gasteiger partial charge on any atom is 0.271 e. The van der Waals surface area contributed by atoms with Crippen LogP contribution in [0.25, 0.3) is 11.5 Å². The number of fused-ring (bicyclic) bond motifs is 3. The number of hydrogen-bond donors (Lipinski definition) is 1. The van der Waals surface area contributed by atoms with Gasteiger partial charge in [-0.25, -0.2) is 18.4 Å². The van der Waals surface area contributed by atoms with Gasteiger partial charge in [-0.1, -0.05) is 5.16 Å². The first-order chi connectivity index (χ1) is 9.38. The van der Waals surface area contributed by atoms with Crippen LogP contribution in [0.3, 0.4) is 0 Å². The molecule has 9 heteroatoms. The minimum atomic E-state index is -3.52. The molecule has 0 spiro atoms. The number of carbonyl (C=O) groups excluding carboxylic acids is 1. The average molecular weight is 294 g/mol. The van der Waals surface area contributed by atoms with E-state index in [-0.39, 0.29) is 16.6 Å². The molecular formula is C11H10N4O4S. The number of carbonyl (C=O) groups is 1. The molecule has 2 aromatic rings. The van der Waals surface area contributed by atoms with Crippen molar-refractivity contribution in [2.24, 2.45) is 5.73 Å². The molecule has 0 radical (unpaired) electrons. The van der Waals surface area contributed by atoms with Crippen LogP contribution < -0.4 is 5.73 Å². The van der Waals surface area contributed by atoms with Crippen LogP contribution in [0.4, 0.5) is 0 Å². The number of hydrogen-bond acceptors (Lipinski definition) is 7. The molecule has 0 fully saturated rings. The maximum atomic E-state index is 11.5. The van der Waals surface area contributed by atoms with Crippen molar-refractivity contribution in [3.05, 3.63) is 23.0 Å². The van der Waals surface area contributed by atoms with Crippen LogP contribution >= 0.6 is 0 Å². The van der Waals surface area contributed by atoms with Crippen LogP contribution in [0, 0.1) is 0 Å². The fourth-order valence-corrected chi connectivity index (χ4v) is 2.63. The summed E-state index contributed by atoms with van der Waals surface area (Å²) in [6.07, 6.45) is 3.56. The van der Waals surface area contributed by atoms with Gasteiger partial charge in [-0.05, 0) is 12.8 Å². The molecule has 1 aliphatic carbocycles. The van der Waals surface area contributed by atoms with E-state index in [1.165, 1.54) is 6.20 Å². The summed E-state index contributed by atoms with van der Waals surface area (Å²) in [4.78, 5) is 19.1. The van der Waals surface area contributed by atoms with Crippen LogP contribution in [-0.2, 0) is 22.7 Å². The second-order valence-electron chi connectivity index (χ2n) is 4.50. The summed E-state index contributed by atoms with van der Waals surface area (Å²) < 4.78 is 28.1. The SMILES string of the molecule is CS(=O)(=O)c1ncc2c(n1)-c1onc(C(N)=O)c1CC2. The van der Waals surface area contributed by atoms with Gasteiger partial charge in [0, 0.05) is 23.6 Å². The molecule has 20 heavy (non-hydrogen) atoms. The average Bonchev–Trinajstić information content (AvgIpc) is 2.81. The van der Waals surface area contributed by atoms with Crippen molar-refractivity contribution in [1.82, 2.24) is 15.1 Å². The van der Waals surface area contributed by atoms with Crippen LogP contribution in [0.5, 0.6) is 0 Å². The molecule has 3 rings (SSSR count). The summed E-state index contributed by atoms with van der Waals surface area (Å²) in [5, 5.41) is 3.34. The van der Waals surface area contributed by atoms with Crippen molar-refractivity contribution in [3.63, 3.8) is 0 Å². The summed E-state index contributed by atoms with van der Waals surface area (Å²) >= 11 is 0. The van der Waals surface area contributed by atoms with Gasteiger partial charge in [0.2, 0.25) is 15.0 Å². The third-order valence-corrected chi connectivity index (χ3v) is 3.92. The van der Waals surface area contributed by atoms with E-state index in [1.807, 2.05) is 0 Å². The lowest BCUT2D eigenvalue weighted by atomic mass is 9.94. The van der Waals surface area contributed by atoms with Gasteiger partial charge in [-0.2, -0.15) is 0 Å². The number of amides is 1. The second kappa shape index (κ2) is 4.10. The molecule has 2 N–H and O–H groups in total. The van der Waals surface area contributed by atoms with E-state index in [4.69, 9.17) is 10.3 Å². The Bertz CT molecular complexity index is 825. The van der Waals surface area contributed by atoms with E-state index >= 15 is 0 Å². The Morgan fingerprint density at radius 2 is 2.15 bits per heavy atom. The molecule has 1 amide bonds. The van der Waals surface area contributed by atoms with E-state index in [0.717, 1.165) is 11.8 Å². The number of aromatic nitrogens is 3. The topological polar surface area (TPSA) is 129 Å². The predicted molar refractivity (Wildman–Crippen MR) is 66.6 cm³/mol. The van der Waals surface area contributed by atoms with Gasteiger partial charge >= 0.3 is 0 Å². The summed E-state index contributed by atoms with van der Waals surface area (Å²) in [6, 6.07) is 0. The molecule has 0 atom stereocenters. The van der Waals surface area contributed by atoms with Crippen molar-refractivity contribution >= 4 is 15.7 Å².